The van der Waals surface area contributed by atoms with Crippen LogP contribution in [-0.2, 0) is 6.42 Å². The number of nitrogens with two attached hydrogens (primary N) is 1. The zero-order chi connectivity index (χ0) is 12.0. The van der Waals surface area contributed by atoms with Crippen molar-refractivity contribution < 1.29 is 4.79 Å². The van der Waals surface area contributed by atoms with Crippen molar-refractivity contribution in [1.82, 2.24) is 0 Å². The lowest BCUT2D eigenvalue weighted by Gasteiger charge is -2.05. The molecular weight excluding hydrogens is 198 g/mol. The van der Waals surface area contributed by atoms with E-state index >= 15 is 0 Å². The number of Topliss-reactive ketones (excluding diaryl/α,β-unsaturated/α-hetero) is 1. The molecule has 88 valence electrons. The van der Waals surface area contributed by atoms with Crippen molar-refractivity contribution >= 4 is 5.78 Å². The molecule has 0 unspecified atom stereocenters. The van der Waals surface area contributed by atoms with E-state index in [1.165, 1.54) is 5.56 Å². The van der Waals surface area contributed by atoms with Gasteiger partial charge in [-0.3, -0.25) is 4.79 Å². The Morgan fingerprint density at radius 1 is 1.25 bits per heavy atom. The number of hydrogen-bond donors (Lipinski definition) is 1. The molecule has 0 aliphatic heterocycles. The highest BCUT2D eigenvalue weighted by atomic mass is 16.1. The maximum absolute atomic E-state index is 11.8. The highest BCUT2D eigenvalue weighted by Gasteiger charge is 2.06. The van der Waals surface area contributed by atoms with Gasteiger partial charge in [-0.25, -0.2) is 0 Å². The summed E-state index contributed by atoms with van der Waals surface area (Å²) in [6.45, 7) is 4.93. The maximum Gasteiger partial charge on any atom is 0.162 e. The average molecular weight is 219 g/mol. The van der Waals surface area contributed by atoms with Gasteiger partial charge in [0.1, 0.15) is 0 Å². The first-order valence-corrected chi connectivity index (χ1v) is 5.95. The molecule has 0 heterocycles. The van der Waals surface area contributed by atoms with Crippen molar-refractivity contribution in [2.24, 2.45) is 11.7 Å². The van der Waals surface area contributed by atoms with Crippen LogP contribution in [0.4, 0.5) is 0 Å². The monoisotopic (exact) mass is 219 g/mol. The number of carbonyl (C=O) groups excluding carboxylic acids is 1. The van der Waals surface area contributed by atoms with Crippen molar-refractivity contribution in [3.8, 4) is 0 Å². The number of ketones is 1. The quantitative estimate of drug-likeness (QED) is 0.748. The van der Waals surface area contributed by atoms with E-state index in [4.69, 9.17) is 5.73 Å². The molecule has 1 rings (SSSR count). The first-order chi connectivity index (χ1) is 7.63. The van der Waals surface area contributed by atoms with Crippen LogP contribution in [0.3, 0.4) is 0 Å². The fraction of sp³-hybridized carbons (Fsp3) is 0.500. The second kappa shape index (κ2) is 6.44. The normalized spacial score (nSPS) is 10.8. The van der Waals surface area contributed by atoms with Crippen LogP contribution in [0.5, 0.6) is 0 Å². The highest BCUT2D eigenvalue weighted by molar-refractivity contribution is 5.96. The van der Waals surface area contributed by atoms with Crippen molar-refractivity contribution in [2.45, 2.75) is 33.1 Å². The summed E-state index contributed by atoms with van der Waals surface area (Å²) >= 11 is 0. The number of benzene rings is 1. The molecule has 0 aliphatic rings. The van der Waals surface area contributed by atoms with Crippen LogP contribution in [0.25, 0.3) is 0 Å². The van der Waals surface area contributed by atoms with Crippen molar-refractivity contribution in [3.05, 3.63) is 35.4 Å². The summed E-state index contributed by atoms with van der Waals surface area (Å²) in [6.07, 6.45) is 2.48. The Morgan fingerprint density at radius 3 is 2.38 bits per heavy atom. The second-order valence-electron chi connectivity index (χ2n) is 4.59. The molecule has 0 atom stereocenters. The topological polar surface area (TPSA) is 43.1 Å². The van der Waals surface area contributed by atoms with Gasteiger partial charge < -0.3 is 5.73 Å². The van der Waals surface area contributed by atoms with Crippen molar-refractivity contribution in [3.63, 3.8) is 0 Å². The molecule has 1 aromatic rings. The van der Waals surface area contributed by atoms with E-state index in [-0.39, 0.29) is 5.78 Å². The standard InChI is InChI=1S/C14H21NO/c1-11(2)3-8-14(16)13-6-4-12(5-7-13)9-10-15/h4-7,11H,3,8-10,15H2,1-2H3. The lowest BCUT2D eigenvalue weighted by atomic mass is 10.00. The van der Waals surface area contributed by atoms with Crippen LogP contribution >= 0.6 is 0 Å². The zero-order valence-corrected chi connectivity index (χ0v) is 10.2. The summed E-state index contributed by atoms with van der Waals surface area (Å²) in [7, 11) is 0. The van der Waals surface area contributed by atoms with Gasteiger partial charge >= 0.3 is 0 Å². The van der Waals surface area contributed by atoms with E-state index in [1.54, 1.807) is 0 Å². The SMILES string of the molecule is CC(C)CCC(=O)c1ccc(CCN)cc1. The maximum atomic E-state index is 11.8. The number of hydrogen-bond acceptors (Lipinski definition) is 2. The molecule has 0 fully saturated rings. The second-order valence-corrected chi connectivity index (χ2v) is 4.59. The summed E-state index contributed by atoms with van der Waals surface area (Å²) < 4.78 is 0. The third-order valence-corrected chi connectivity index (χ3v) is 2.66. The molecule has 0 aromatic heterocycles. The number of rotatable bonds is 6. The fourth-order valence-electron chi connectivity index (χ4n) is 1.59. The Bertz CT molecular complexity index is 327. The van der Waals surface area contributed by atoms with E-state index < -0.39 is 0 Å². The lowest BCUT2D eigenvalue weighted by Crippen LogP contribution is -2.04. The predicted octanol–water partition coefficient (Wildman–Crippen LogP) is 2.81. The van der Waals surface area contributed by atoms with Crippen LogP contribution in [0, 0.1) is 5.92 Å². The molecule has 2 N–H and O–H groups in total. The minimum Gasteiger partial charge on any atom is -0.330 e. The van der Waals surface area contributed by atoms with Crippen LogP contribution in [-0.4, -0.2) is 12.3 Å². The van der Waals surface area contributed by atoms with E-state index in [1.807, 2.05) is 24.3 Å². The molecule has 0 spiro atoms. The van der Waals surface area contributed by atoms with Crippen LogP contribution in [0.2, 0.25) is 0 Å². The van der Waals surface area contributed by atoms with E-state index in [9.17, 15) is 4.79 Å². The molecule has 0 saturated carbocycles. The van der Waals surface area contributed by atoms with Gasteiger partial charge in [-0.05, 0) is 30.9 Å². The molecule has 2 heteroatoms. The van der Waals surface area contributed by atoms with E-state index in [0.717, 1.165) is 18.4 Å². The van der Waals surface area contributed by atoms with Gasteiger partial charge in [-0.1, -0.05) is 38.1 Å². The smallest absolute Gasteiger partial charge is 0.162 e. The molecule has 0 radical (unpaired) electrons. The van der Waals surface area contributed by atoms with Gasteiger partial charge in [-0.2, -0.15) is 0 Å². The molecule has 0 bridgehead atoms. The Morgan fingerprint density at radius 2 is 1.88 bits per heavy atom. The van der Waals surface area contributed by atoms with Crippen LogP contribution in [0.1, 0.15) is 42.6 Å². The molecule has 2 nitrogen and oxygen atoms in total. The minimum atomic E-state index is 0.244. The van der Waals surface area contributed by atoms with Gasteiger partial charge in [0.25, 0.3) is 0 Å². The molecule has 1 aromatic carbocycles. The fourth-order valence-corrected chi connectivity index (χ4v) is 1.59. The molecule has 0 amide bonds. The summed E-state index contributed by atoms with van der Waals surface area (Å²) in [5, 5.41) is 0. The van der Waals surface area contributed by atoms with Gasteiger partial charge in [0.15, 0.2) is 5.78 Å². The molecule has 0 saturated heterocycles. The van der Waals surface area contributed by atoms with Crippen LogP contribution < -0.4 is 5.73 Å². The summed E-state index contributed by atoms with van der Waals surface area (Å²) in [6, 6.07) is 7.81. The van der Waals surface area contributed by atoms with Gasteiger partial charge in [-0.15, -0.1) is 0 Å². The Labute approximate surface area is 97.9 Å². The summed E-state index contributed by atoms with van der Waals surface area (Å²) in [4.78, 5) is 11.8. The average Bonchev–Trinajstić information content (AvgIpc) is 2.27. The van der Waals surface area contributed by atoms with Gasteiger partial charge in [0, 0.05) is 12.0 Å². The first-order valence-electron chi connectivity index (χ1n) is 5.95. The Balaban J connectivity index is 2.56. The highest BCUT2D eigenvalue weighted by Crippen LogP contribution is 2.11. The molecule has 0 aliphatic carbocycles. The Hall–Kier alpha value is -1.15. The van der Waals surface area contributed by atoms with Crippen molar-refractivity contribution in [2.75, 3.05) is 6.54 Å². The Kier molecular flexibility index (Phi) is 5.20. The third kappa shape index (κ3) is 4.15. The van der Waals surface area contributed by atoms with Gasteiger partial charge in [0.2, 0.25) is 0 Å². The number of carbonyl (C=O) groups is 1. The minimum absolute atomic E-state index is 0.244. The van der Waals surface area contributed by atoms with E-state index in [2.05, 4.69) is 13.8 Å². The lowest BCUT2D eigenvalue weighted by molar-refractivity contribution is 0.0975. The molecular formula is C14H21NO. The first kappa shape index (κ1) is 12.9. The molecule has 16 heavy (non-hydrogen) atoms. The van der Waals surface area contributed by atoms with Crippen molar-refractivity contribution in [1.29, 1.82) is 0 Å². The summed E-state index contributed by atoms with van der Waals surface area (Å²) in [5.74, 6) is 0.827. The van der Waals surface area contributed by atoms with Crippen LogP contribution in [0.15, 0.2) is 24.3 Å². The van der Waals surface area contributed by atoms with Gasteiger partial charge in [0.05, 0.1) is 0 Å². The van der Waals surface area contributed by atoms with E-state index in [0.29, 0.717) is 18.9 Å². The summed E-state index contributed by atoms with van der Waals surface area (Å²) in [5.41, 5.74) is 7.49. The zero-order valence-electron chi connectivity index (χ0n) is 10.2. The largest absolute Gasteiger partial charge is 0.330 e. The predicted molar refractivity (Wildman–Crippen MR) is 67.6 cm³/mol. The third-order valence-electron chi connectivity index (χ3n) is 2.66.